The molecule has 1 aliphatic rings. The monoisotopic (exact) mass is 461 g/mol. The summed E-state index contributed by atoms with van der Waals surface area (Å²) in [4.78, 5) is 31.1. The van der Waals surface area contributed by atoms with Crippen LogP contribution in [0.15, 0.2) is 70.7 Å². The zero-order valence-corrected chi connectivity index (χ0v) is 17.2. The van der Waals surface area contributed by atoms with Gasteiger partial charge in [-0.1, -0.05) is 33.8 Å². The van der Waals surface area contributed by atoms with Crippen molar-refractivity contribution >= 4 is 56.0 Å². The lowest BCUT2D eigenvalue weighted by Crippen LogP contribution is -2.33. The van der Waals surface area contributed by atoms with Gasteiger partial charge in [-0.05, 0) is 48.5 Å². The molecule has 3 rings (SSSR count). The molecule has 1 atom stereocenters. The molecule has 1 N–H and O–H groups in total. The molecular weight excluding hydrogens is 445 g/mol. The van der Waals surface area contributed by atoms with E-state index in [-0.39, 0.29) is 24.1 Å². The van der Waals surface area contributed by atoms with E-state index in [2.05, 4.69) is 32.8 Å². The molecule has 5 nitrogen and oxygen atoms in total. The van der Waals surface area contributed by atoms with Gasteiger partial charge in [0.05, 0.1) is 5.69 Å². The van der Waals surface area contributed by atoms with E-state index >= 15 is 0 Å². The molecule has 1 fully saturated rings. The Kier molecular flexibility index (Phi) is 6.64. The van der Waals surface area contributed by atoms with Gasteiger partial charge in [-0.3, -0.25) is 14.5 Å². The quantitative estimate of drug-likeness (QED) is 0.632. The maximum atomic E-state index is 13.0. The van der Waals surface area contributed by atoms with Crippen molar-refractivity contribution in [2.75, 3.05) is 11.9 Å². The molecule has 1 saturated heterocycles. The number of aliphatic imine (C=N–C) groups is 1. The smallest absolute Gasteiger partial charge is 0.242 e. The molecule has 0 unspecified atom stereocenters. The number of carbonyl (C=O) groups excluding carboxylic acids is 2. The number of halogens is 2. The third kappa shape index (κ3) is 5.08. The maximum Gasteiger partial charge on any atom is 0.242 e. The van der Waals surface area contributed by atoms with Crippen LogP contribution in [0.25, 0.3) is 0 Å². The molecule has 144 valence electrons. The SMILES string of the molecule is C=CCN1C(=O)[C@H](CC(=O)Nc2ccc(F)cc2)SC1=Nc1ccc(Br)cc1. The summed E-state index contributed by atoms with van der Waals surface area (Å²) < 4.78 is 13.9. The van der Waals surface area contributed by atoms with Gasteiger partial charge in [0.15, 0.2) is 5.17 Å². The Morgan fingerprint density at radius 3 is 2.57 bits per heavy atom. The van der Waals surface area contributed by atoms with Crippen molar-refractivity contribution in [1.29, 1.82) is 0 Å². The van der Waals surface area contributed by atoms with E-state index in [4.69, 9.17) is 0 Å². The Morgan fingerprint density at radius 2 is 1.93 bits per heavy atom. The van der Waals surface area contributed by atoms with E-state index in [0.29, 0.717) is 23.1 Å². The van der Waals surface area contributed by atoms with Crippen molar-refractivity contribution in [2.24, 2.45) is 4.99 Å². The van der Waals surface area contributed by atoms with E-state index in [1.54, 1.807) is 6.08 Å². The highest BCUT2D eigenvalue weighted by Crippen LogP contribution is 2.32. The third-order valence-electron chi connectivity index (χ3n) is 3.88. The molecule has 2 aromatic carbocycles. The molecule has 0 aromatic heterocycles. The summed E-state index contributed by atoms with van der Waals surface area (Å²) in [7, 11) is 0. The average Bonchev–Trinajstić information content (AvgIpc) is 2.94. The highest BCUT2D eigenvalue weighted by atomic mass is 79.9. The first-order valence-corrected chi connectivity index (χ1v) is 10.1. The number of rotatable bonds is 6. The van der Waals surface area contributed by atoms with Gasteiger partial charge in [-0.15, -0.1) is 6.58 Å². The van der Waals surface area contributed by atoms with Crippen molar-refractivity contribution in [1.82, 2.24) is 4.90 Å². The van der Waals surface area contributed by atoms with E-state index in [0.717, 1.165) is 4.47 Å². The maximum absolute atomic E-state index is 13.0. The molecule has 1 aliphatic heterocycles. The van der Waals surface area contributed by atoms with Crippen molar-refractivity contribution in [3.05, 3.63) is 71.5 Å². The highest BCUT2D eigenvalue weighted by Gasteiger charge is 2.38. The summed E-state index contributed by atoms with van der Waals surface area (Å²) >= 11 is 4.63. The molecule has 2 amide bonds. The van der Waals surface area contributed by atoms with Gasteiger partial charge in [-0.25, -0.2) is 9.38 Å². The Hall–Kier alpha value is -2.45. The van der Waals surface area contributed by atoms with E-state index in [1.807, 2.05) is 24.3 Å². The first kappa shape index (κ1) is 20.3. The lowest BCUT2D eigenvalue weighted by atomic mass is 10.2. The van der Waals surface area contributed by atoms with Gasteiger partial charge < -0.3 is 5.32 Å². The summed E-state index contributed by atoms with van der Waals surface area (Å²) in [5.41, 5.74) is 1.19. The van der Waals surface area contributed by atoms with Crippen LogP contribution in [0.2, 0.25) is 0 Å². The minimum atomic E-state index is -0.574. The second-order valence-corrected chi connectivity index (χ2v) is 8.06. The number of hydrogen-bond donors (Lipinski definition) is 1. The zero-order chi connectivity index (χ0) is 20.1. The molecule has 0 aliphatic carbocycles. The van der Waals surface area contributed by atoms with Crippen LogP contribution < -0.4 is 5.32 Å². The van der Waals surface area contributed by atoms with Crippen LogP contribution in [0.1, 0.15) is 6.42 Å². The molecule has 0 spiro atoms. The number of carbonyl (C=O) groups is 2. The fourth-order valence-corrected chi connectivity index (χ4v) is 3.99. The first-order valence-electron chi connectivity index (χ1n) is 8.45. The summed E-state index contributed by atoms with van der Waals surface area (Å²) in [6, 6.07) is 12.9. The van der Waals surface area contributed by atoms with E-state index in [1.165, 1.54) is 40.9 Å². The van der Waals surface area contributed by atoms with Gasteiger partial charge >= 0.3 is 0 Å². The molecule has 1 heterocycles. The van der Waals surface area contributed by atoms with Crippen molar-refractivity contribution in [2.45, 2.75) is 11.7 Å². The summed E-state index contributed by atoms with van der Waals surface area (Å²) in [6.07, 6.45) is 1.62. The summed E-state index contributed by atoms with van der Waals surface area (Å²) in [5, 5.41) is 2.64. The average molecular weight is 462 g/mol. The second-order valence-electron chi connectivity index (χ2n) is 5.97. The highest BCUT2D eigenvalue weighted by molar-refractivity contribution is 9.10. The Morgan fingerprint density at radius 1 is 1.25 bits per heavy atom. The minimum Gasteiger partial charge on any atom is -0.326 e. The number of amidine groups is 1. The van der Waals surface area contributed by atoms with Crippen molar-refractivity contribution in [3.8, 4) is 0 Å². The van der Waals surface area contributed by atoms with Crippen LogP contribution in [0.3, 0.4) is 0 Å². The fourth-order valence-electron chi connectivity index (χ4n) is 2.56. The Bertz CT molecular complexity index is 916. The lowest BCUT2D eigenvalue weighted by molar-refractivity contribution is -0.127. The van der Waals surface area contributed by atoms with E-state index in [9.17, 15) is 14.0 Å². The van der Waals surface area contributed by atoms with Crippen LogP contribution in [-0.2, 0) is 9.59 Å². The van der Waals surface area contributed by atoms with E-state index < -0.39 is 5.25 Å². The molecule has 0 radical (unpaired) electrons. The summed E-state index contributed by atoms with van der Waals surface area (Å²) in [5.74, 6) is -0.885. The van der Waals surface area contributed by atoms with Crippen molar-refractivity contribution < 1.29 is 14.0 Å². The minimum absolute atomic E-state index is 0.00607. The van der Waals surface area contributed by atoms with Gasteiger partial charge in [0, 0.05) is 23.1 Å². The predicted molar refractivity (Wildman–Crippen MR) is 114 cm³/mol. The fraction of sp³-hybridized carbons (Fsp3) is 0.150. The largest absolute Gasteiger partial charge is 0.326 e. The number of nitrogens with one attached hydrogen (secondary N) is 1. The molecular formula is C20H17BrFN3O2S. The second kappa shape index (κ2) is 9.16. The topological polar surface area (TPSA) is 61.8 Å². The lowest BCUT2D eigenvalue weighted by Gasteiger charge is -2.13. The van der Waals surface area contributed by atoms with Gasteiger partial charge in [0.1, 0.15) is 11.1 Å². The Balaban J connectivity index is 1.72. The normalized spacial score (nSPS) is 17.8. The summed E-state index contributed by atoms with van der Waals surface area (Å²) in [6.45, 7) is 4.00. The molecule has 28 heavy (non-hydrogen) atoms. The molecule has 2 aromatic rings. The van der Waals surface area contributed by atoms with Crippen LogP contribution in [-0.4, -0.2) is 33.7 Å². The number of amides is 2. The Labute approximate surface area is 174 Å². The number of anilines is 1. The van der Waals surface area contributed by atoms with Gasteiger partial charge in [-0.2, -0.15) is 0 Å². The predicted octanol–water partition coefficient (Wildman–Crippen LogP) is 4.73. The number of thioether (sulfide) groups is 1. The van der Waals surface area contributed by atoms with Crippen LogP contribution in [0.4, 0.5) is 15.8 Å². The number of benzene rings is 2. The van der Waals surface area contributed by atoms with Gasteiger partial charge in [0.25, 0.3) is 0 Å². The molecule has 0 bridgehead atoms. The van der Waals surface area contributed by atoms with Crippen LogP contribution in [0, 0.1) is 5.82 Å². The number of hydrogen-bond acceptors (Lipinski definition) is 4. The molecule has 8 heteroatoms. The molecule has 0 saturated carbocycles. The third-order valence-corrected chi connectivity index (χ3v) is 5.59. The zero-order valence-electron chi connectivity index (χ0n) is 14.8. The van der Waals surface area contributed by atoms with Gasteiger partial charge in [0.2, 0.25) is 11.8 Å². The van der Waals surface area contributed by atoms with Crippen molar-refractivity contribution in [3.63, 3.8) is 0 Å². The number of nitrogens with zero attached hydrogens (tertiary/aromatic N) is 2. The standard InChI is InChI=1S/C20H17BrFN3O2S/c1-2-11-25-19(27)17(12-18(26)23-15-9-5-14(22)6-10-15)28-20(25)24-16-7-3-13(21)4-8-16/h2-10,17H,1,11-12H2,(H,23,26)/t17-/m0/s1. The first-order chi connectivity index (χ1) is 13.5. The van der Waals surface area contributed by atoms with Crippen LogP contribution >= 0.6 is 27.7 Å². The van der Waals surface area contributed by atoms with Crippen LogP contribution in [0.5, 0.6) is 0 Å².